The predicted molar refractivity (Wildman–Crippen MR) is 95.6 cm³/mol. The molecule has 2 fully saturated rings. The Kier molecular flexibility index (Phi) is 5.57. The fourth-order valence-corrected chi connectivity index (χ4v) is 3.89. The smallest absolute Gasteiger partial charge is 0.251 e. The van der Waals surface area contributed by atoms with Crippen LogP contribution in [0.25, 0.3) is 0 Å². The number of hydrogen-bond donors (Lipinski definition) is 2. The van der Waals surface area contributed by atoms with Crippen molar-refractivity contribution in [3.8, 4) is 0 Å². The third-order valence-electron chi connectivity index (χ3n) is 5.64. The van der Waals surface area contributed by atoms with Crippen LogP contribution in [0.3, 0.4) is 0 Å². The minimum Gasteiger partial charge on any atom is -0.380 e. The van der Waals surface area contributed by atoms with Gasteiger partial charge >= 0.3 is 0 Å². The van der Waals surface area contributed by atoms with Gasteiger partial charge in [0.1, 0.15) is 5.60 Å². The fourth-order valence-electron chi connectivity index (χ4n) is 3.89. The molecule has 3 rings (SSSR count). The van der Waals surface area contributed by atoms with Crippen LogP contribution in [0.4, 0.5) is 0 Å². The van der Waals surface area contributed by atoms with Crippen molar-refractivity contribution in [1.82, 2.24) is 10.2 Å². The first-order chi connectivity index (χ1) is 11.5. The highest BCUT2D eigenvalue weighted by Gasteiger charge is 2.38. The van der Waals surface area contributed by atoms with Crippen molar-refractivity contribution < 1.29 is 9.90 Å². The van der Waals surface area contributed by atoms with Gasteiger partial charge in [0.2, 0.25) is 0 Å². The molecule has 4 nitrogen and oxygen atoms in total. The Labute approximate surface area is 145 Å². The van der Waals surface area contributed by atoms with Crippen LogP contribution in [0.15, 0.2) is 24.3 Å². The van der Waals surface area contributed by atoms with Gasteiger partial charge in [-0.1, -0.05) is 29.8 Å². The third kappa shape index (κ3) is 4.37. The Bertz CT molecular complexity index is 541. The topological polar surface area (TPSA) is 52.6 Å². The van der Waals surface area contributed by atoms with E-state index in [1.54, 1.807) is 0 Å². The SMILES string of the molecule is Cc1ccc(CN2CCC(CNC(=O)C3(O)CCCC3)CC2)cc1. The van der Waals surface area contributed by atoms with E-state index in [1.165, 1.54) is 11.1 Å². The van der Waals surface area contributed by atoms with Crippen LogP contribution in [-0.4, -0.2) is 41.1 Å². The minimum atomic E-state index is -1.09. The molecule has 2 N–H and O–H groups in total. The number of carbonyl (C=O) groups is 1. The molecule has 4 heteroatoms. The van der Waals surface area contributed by atoms with Gasteiger partial charge < -0.3 is 10.4 Å². The van der Waals surface area contributed by atoms with E-state index in [2.05, 4.69) is 41.4 Å². The van der Waals surface area contributed by atoms with E-state index in [0.717, 1.165) is 45.3 Å². The second-order valence-corrected chi connectivity index (χ2v) is 7.65. The van der Waals surface area contributed by atoms with Crippen LogP contribution < -0.4 is 5.32 Å². The maximum Gasteiger partial charge on any atom is 0.251 e. The van der Waals surface area contributed by atoms with E-state index in [1.807, 2.05) is 0 Å². The van der Waals surface area contributed by atoms with Crippen LogP contribution in [0.1, 0.15) is 49.7 Å². The molecule has 1 aromatic rings. The average Bonchev–Trinajstić information content (AvgIpc) is 3.04. The summed E-state index contributed by atoms with van der Waals surface area (Å²) in [5, 5.41) is 13.3. The van der Waals surface area contributed by atoms with Gasteiger partial charge in [0.25, 0.3) is 5.91 Å². The summed E-state index contributed by atoms with van der Waals surface area (Å²) in [5.41, 5.74) is 1.58. The highest BCUT2D eigenvalue weighted by Crippen LogP contribution is 2.29. The van der Waals surface area contributed by atoms with Crippen LogP contribution in [0.5, 0.6) is 0 Å². The first-order valence-electron chi connectivity index (χ1n) is 9.34. The van der Waals surface area contributed by atoms with E-state index in [4.69, 9.17) is 0 Å². The number of nitrogens with zero attached hydrogens (tertiary/aromatic N) is 1. The summed E-state index contributed by atoms with van der Waals surface area (Å²) in [5.74, 6) is 0.385. The average molecular weight is 330 g/mol. The van der Waals surface area contributed by atoms with Gasteiger partial charge in [0.15, 0.2) is 0 Å². The molecule has 2 aliphatic rings. The lowest BCUT2D eigenvalue weighted by atomic mass is 9.95. The molecular formula is C20H30N2O2. The molecule has 1 heterocycles. The van der Waals surface area contributed by atoms with E-state index < -0.39 is 5.60 Å². The summed E-state index contributed by atoms with van der Waals surface area (Å²) in [6, 6.07) is 8.77. The largest absolute Gasteiger partial charge is 0.380 e. The summed E-state index contributed by atoms with van der Waals surface area (Å²) < 4.78 is 0. The van der Waals surface area contributed by atoms with Gasteiger partial charge in [-0.3, -0.25) is 9.69 Å². The predicted octanol–water partition coefficient (Wildman–Crippen LogP) is 2.63. The summed E-state index contributed by atoms with van der Waals surface area (Å²) in [6.45, 7) is 6.00. The van der Waals surface area contributed by atoms with Gasteiger partial charge in [-0.15, -0.1) is 0 Å². The van der Waals surface area contributed by atoms with Gasteiger partial charge in [0.05, 0.1) is 0 Å². The van der Waals surface area contributed by atoms with E-state index >= 15 is 0 Å². The zero-order valence-corrected chi connectivity index (χ0v) is 14.8. The van der Waals surface area contributed by atoms with Crippen molar-refractivity contribution in [2.24, 2.45) is 5.92 Å². The molecule has 0 bridgehead atoms. The third-order valence-corrected chi connectivity index (χ3v) is 5.64. The van der Waals surface area contributed by atoms with Crippen LogP contribution in [0, 0.1) is 12.8 Å². The molecule has 0 radical (unpaired) electrons. The van der Waals surface area contributed by atoms with Crippen molar-refractivity contribution in [2.75, 3.05) is 19.6 Å². The van der Waals surface area contributed by atoms with Crippen LogP contribution in [-0.2, 0) is 11.3 Å². The number of benzene rings is 1. The molecule has 1 saturated heterocycles. The molecule has 1 aliphatic carbocycles. The summed E-state index contributed by atoms with van der Waals surface area (Å²) in [6.07, 6.45) is 5.39. The number of rotatable bonds is 5. The zero-order chi connectivity index (χ0) is 17.0. The van der Waals surface area contributed by atoms with Crippen LogP contribution in [0.2, 0.25) is 0 Å². The molecule has 0 unspecified atom stereocenters. The molecule has 1 aliphatic heterocycles. The Balaban J connectivity index is 1.39. The Hall–Kier alpha value is -1.39. The molecule has 0 aromatic heterocycles. The maximum absolute atomic E-state index is 12.2. The van der Waals surface area contributed by atoms with E-state index in [0.29, 0.717) is 25.3 Å². The molecule has 1 saturated carbocycles. The van der Waals surface area contributed by atoms with E-state index in [9.17, 15) is 9.90 Å². The molecule has 0 spiro atoms. The highest BCUT2D eigenvalue weighted by molar-refractivity contribution is 5.85. The maximum atomic E-state index is 12.2. The quantitative estimate of drug-likeness (QED) is 0.873. The number of hydrogen-bond acceptors (Lipinski definition) is 3. The Morgan fingerprint density at radius 1 is 1.21 bits per heavy atom. The lowest BCUT2D eigenvalue weighted by Crippen LogP contribution is -2.47. The fraction of sp³-hybridized carbons (Fsp3) is 0.650. The number of amides is 1. The minimum absolute atomic E-state index is 0.151. The monoisotopic (exact) mass is 330 g/mol. The molecule has 132 valence electrons. The summed E-state index contributed by atoms with van der Waals surface area (Å²) >= 11 is 0. The zero-order valence-electron chi connectivity index (χ0n) is 14.8. The number of aliphatic hydroxyl groups is 1. The van der Waals surface area contributed by atoms with Crippen LogP contribution >= 0.6 is 0 Å². The lowest BCUT2D eigenvalue weighted by Gasteiger charge is -2.32. The lowest BCUT2D eigenvalue weighted by molar-refractivity contribution is -0.139. The summed E-state index contributed by atoms with van der Waals surface area (Å²) in [4.78, 5) is 14.7. The van der Waals surface area contributed by atoms with E-state index in [-0.39, 0.29) is 5.91 Å². The van der Waals surface area contributed by atoms with Crippen molar-refractivity contribution in [1.29, 1.82) is 0 Å². The van der Waals surface area contributed by atoms with Gasteiger partial charge in [-0.05, 0) is 70.0 Å². The van der Waals surface area contributed by atoms with Gasteiger partial charge in [-0.2, -0.15) is 0 Å². The van der Waals surface area contributed by atoms with Crippen molar-refractivity contribution >= 4 is 5.91 Å². The summed E-state index contributed by atoms with van der Waals surface area (Å²) in [7, 11) is 0. The molecule has 1 aromatic carbocycles. The standard InChI is InChI=1S/C20H30N2O2/c1-16-4-6-18(7-5-16)15-22-12-8-17(9-13-22)14-21-19(23)20(24)10-2-3-11-20/h4-7,17,24H,2-3,8-15H2,1H3,(H,21,23). The van der Waals surface area contributed by atoms with Crippen molar-refractivity contribution in [3.05, 3.63) is 35.4 Å². The second kappa shape index (κ2) is 7.66. The molecular weight excluding hydrogens is 300 g/mol. The molecule has 0 atom stereocenters. The van der Waals surface area contributed by atoms with Crippen molar-refractivity contribution in [3.63, 3.8) is 0 Å². The number of piperidine rings is 1. The number of carbonyl (C=O) groups excluding carboxylic acids is 1. The first kappa shape index (κ1) is 17.4. The molecule has 24 heavy (non-hydrogen) atoms. The van der Waals surface area contributed by atoms with Crippen molar-refractivity contribution in [2.45, 2.75) is 57.6 Å². The number of nitrogens with one attached hydrogen (secondary N) is 1. The normalized spacial score (nSPS) is 21.8. The number of likely N-dealkylation sites (tertiary alicyclic amines) is 1. The molecule has 1 amide bonds. The van der Waals surface area contributed by atoms with Gasteiger partial charge in [0, 0.05) is 13.1 Å². The first-order valence-corrected chi connectivity index (χ1v) is 9.34. The van der Waals surface area contributed by atoms with Gasteiger partial charge in [-0.25, -0.2) is 0 Å². The highest BCUT2D eigenvalue weighted by atomic mass is 16.3. The number of aryl methyl sites for hydroxylation is 1. The Morgan fingerprint density at radius 3 is 2.46 bits per heavy atom. The second-order valence-electron chi connectivity index (χ2n) is 7.65. The Morgan fingerprint density at radius 2 is 1.83 bits per heavy atom.